The van der Waals surface area contributed by atoms with Gasteiger partial charge >= 0.3 is 0 Å². The van der Waals surface area contributed by atoms with E-state index in [1.54, 1.807) is 17.1 Å². The molecule has 0 unspecified atom stereocenters. The summed E-state index contributed by atoms with van der Waals surface area (Å²) in [6, 6.07) is 15.6. The van der Waals surface area contributed by atoms with Crippen LogP contribution in [-0.2, 0) is 6.42 Å². The van der Waals surface area contributed by atoms with Gasteiger partial charge in [-0.2, -0.15) is 10.4 Å². The molecule has 0 amide bonds. The first-order valence-corrected chi connectivity index (χ1v) is 9.93. The number of hydrogen-bond acceptors (Lipinski definition) is 6. The smallest absolute Gasteiger partial charge is 0.145 e. The maximum atomic E-state index is 9.52. The average Bonchev–Trinajstić information content (AvgIpc) is 3.06. The molecule has 0 aliphatic heterocycles. The Kier molecular flexibility index (Phi) is 5.40. The molecule has 3 N–H and O–H groups in total. The Balaban J connectivity index is 1.46. The number of fused-ring (bicyclic) bond motifs is 1. The van der Waals surface area contributed by atoms with Crippen molar-refractivity contribution in [3.63, 3.8) is 0 Å². The van der Waals surface area contributed by atoms with Crippen LogP contribution in [0.25, 0.3) is 16.7 Å². The third-order valence-electron chi connectivity index (χ3n) is 4.56. The number of nitriles is 1. The van der Waals surface area contributed by atoms with E-state index in [1.807, 2.05) is 42.5 Å². The fraction of sp³-hybridized carbons (Fsp3) is 0.143. The summed E-state index contributed by atoms with van der Waals surface area (Å²) in [5.74, 6) is 0.372. The van der Waals surface area contributed by atoms with Gasteiger partial charge in [0.2, 0.25) is 0 Å². The second kappa shape index (κ2) is 8.29. The van der Waals surface area contributed by atoms with E-state index in [1.165, 1.54) is 0 Å². The molecule has 1 aromatic carbocycles. The highest BCUT2D eigenvalue weighted by molar-refractivity contribution is 9.10. The first kappa shape index (κ1) is 18.9. The standard InChI is InChI=1S/C21H18BrN7/c22-14-11-19-20(27-13-14)18(8-10-26-19)25-9-4-7-17-16(12-23)21(24)29(28-17)15-5-2-1-3-6-15/h1-3,5-6,8,10-11,13H,4,7,9,24H2,(H,25,26). The molecule has 4 aromatic rings. The molecule has 0 aliphatic rings. The lowest BCUT2D eigenvalue weighted by molar-refractivity contribution is 0.790. The fourth-order valence-corrected chi connectivity index (χ4v) is 3.49. The van der Waals surface area contributed by atoms with E-state index in [-0.39, 0.29) is 0 Å². The van der Waals surface area contributed by atoms with Gasteiger partial charge in [0.15, 0.2) is 0 Å². The number of benzene rings is 1. The zero-order valence-electron chi connectivity index (χ0n) is 15.5. The second-order valence-corrected chi connectivity index (χ2v) is 7.39. The van der Waals surface area contributed by atoms with Crippen molar-refractivity contribution >= 4 is 38.5 Å². The molecular weight excluding hydrogens is 430 g/mol. The summed E-state index contributed by atoms with van der Waals surface area (Å²) < 4.78 is 2.52. The lowest BCUT2D eigenvalue weighted by Crippen LogP contribution is -2.05. The highest BCUT2D eigenvalue weighted by atomic mass is 79.9. The molecule has 4 rings (SSSR count). The molecule has 0 radical (unpaired) electrons. The van der Waals surface area contributed by atoms with E-state index < -0.39 is 0 Å². The van der Waals surface area contributed by atoms with Gasteiger partial charge in [0.25, 0.3) is 0 Å². The molecule has 7 nitrogen and oxygen atoms in total. The number of halogens is 1. The van der Waals surface area contributed by atoms with Gasteiger partial charge in [0.1, 0.15) is 23.0 Å². The summed E-state index contributed by atoms with van der Waals surface area (Å²) in [6.07, 6.45) is 4.95. The minimum Gasteiger partial charge on any atom is -0.383 e. The van der Waals surface area contributed by atoms with Crippen molar-refractivity contribution in [2.45, 2.75) is 12.8 Å². The Morgan fingerprint density at radius 3 is 2.79 bits per heavy atom. The molecule has 8 heteroatoms. The molecule has 3 heterocycles. The Morgan fingerprint density at radius 1 is 1.17 bits per heavy atom. The summed E-state index contributed by atoms with van der Waals surface area (Å²) in [7, 11) is 0. The van der Waals surface area contributed by atoms with Gasteiger partial charge in [-0.25, -0.2) is 4.68 Å². The van der Waals surface area contributed by atoms with Crippen LogP contribution in [0.5, 0.6) is 0 Å². The predicted octanol–water partition coefficient (Wildman–Crippen LogP) is 4.08. The van der Waals surface area contributed by atoms with Gasteiger partial charge in [-0.05, 0) is 53.0 Å². The van der Waals surface area contributed by atoms with Gasteiger partial charge in [-0.3, -0.25) is 9.97 Å². The van der Waals surface area contributed by atoms with Crippen molar-refractivity contribution in [2.75, 3.05) is 17.6 Å². The summed E-state index contributed by atoms with van der Waals surface area (Å²) in [5.41, 5.74) is 10.7. The van der Waals surface area contributed by atoms with Crippen molar-refractivity contribution in [2.24, 2.45) is 0 Å². The number of pyridine rings is 2. The first-order valence-electron chi connectivity index (χ1n) is 9.14. The van der Waals surface area contributed by atoms with Gasteiger partial charge in [0, 0.05) is 23.4 Å². The Morgan fingerprint density at radius 2 is 2.00 bits per heavy atom. The first-order chi connectivity index (χ1) is 14.2. The maximum Gasteiger partial charge on any atom is 0.145 e. The Bertz CT molecular complexity index is 1200. The third-order valence-corrected chi connectivity index (χ3v) is 4.99. The SMILES string of the molecule is N#Cc1c(CCCNc2ccnc3cc(Br)cnc23)nn(-c2ccccc2)c1N. The zero-order chi connectivity index (χ0) is 20.2. The monoisotopic (exact) mass is 447 g/mol. The number of nitrogen functional groups attached to an aromatic ring is 1. The number of anilines is 2. The van der Waals surface area contributed by atoms with Crippen molar-refractivity contribution in [3.8, 4) is 11.8 Å². The molecule has 29 heavy (non-hydrogen) atoms. The molecule has 0 fully saturated rings. The average molecular weight is 448 g/mol. The van der Waals surface area contributed by atoms with Crippen LogP contribution in [0.2, 0.25) is 0 Å². The molecular formula is C21H18BrN7. The number of aryl methyl sites for hydroxylation is 1. The molecule has 0 saturated heterocycles. The van der Waals surface area contributed by atoms with Gasteiger partial charge < -0.3 is 11.1 Å². The Hall–Kier alpha value is -3.44. The number of nitrogens with one attached hydrogen (secondary N) is 1. The molecule has 3 aromatic heterocycles. The normalized spacial score (nSPS) is 10.8. The molecule has 0 atom stereocenters. The topological polar surface area (TPSA) is 105 Å². The molecule has 0 aliphatic carbocycles. The molecule has 0 saturated carbocycles. The summed E-state index contributed by atoms with van der Waals surface area (Å²) in [6.45, 7) is 0.708. The van der Waals surface area contributed by atoms with E-state index in [2.05, 4.69) is 42.4 Å². The highest BCUT2D eigenvalue weighted by Gasteiger charge is 2.16. The van der Waals surface area contributed by atoms with Crippen LogP contribution in [0, 0.1) is 11.3 Å². The van der Waals surface area contributed by atoms with E-state index >= 15 is 0 Å². The van der Waals surface area contributed by atoms with Crippen LogP contribution >= 0.6 is 15.9 Å². The molecule has 0 bridgehead atoms. The third kappa shape index (κ3) is 3.91. The molecule has 0 spiro atoms. The lowest BCUT2D eigenvalue weighted by Gasteiger charge is -2.08. The number of aromatic nitrogens is 4. The minimum absolute atomic E-state index is 0.372. The van der Waals surface area contributed by atoms with Gasteiger partial charge in [-0.1, -0.05) is 18.2 Å². The summed E-state index contributed by atoms with van der Waals surface area (Å²) in [4.78, 5) is 8.79. The van der Waals surface area contributed by atoms with E-state index in [0.717, 1.165) is 33.3 Å². The number of nitrogens with two attached hydrogens (primary N) is 1. The lowest BCUT2D eigenvalue weighted by atomic mass is 10.1. The molecule has 144 valence electrons. The highest BCUT2D eigenvalue weighted by Crippen LogP contribution is 2.23. The van der Waals surface area contributed by atoms with Crippen LogP contribution in [0.3, 0.4) is 0 Å². The van der Waals surface area contributed by atoms with Gasteiger partial charge in [-0.15, -0.1) is 0 Å². The predicted molar refractivity (Wildman–Crippen MR) is 117 cm³/mol. The maximum absolute atomic E-state index is 9.52. The van der Waals surface area contributed by atoms with Crippen LogP contribution in [-0.4, -0.2) is 26.3 Å². The summed E-state index contributed by atoms with van der Waals surface area (Å²) in [5, 5.41) is 17.5. The van der Waals surface area contributed by atoms with Crippen molar-refractivity contribution < 1.29 is 0 Å². The number of para-hydroxylation sites is 1. The zero-order valence-corrected chi connectivity index (χ0v) is 17.1. The minimum atomic E-state index is 0.372. The van der Waals surface area contributed by atoms with E-state index in [0.29, 0.717) is 30.0 Å². The largest absolute Gasteiger partial charge is 0.383 e. The number of rotatable bonds is 6. The van der Waals surface area contributed by atoms with Gasteiger partial charge in [0.05, 0.1) is 22.6 Å². The van der Waals surface area contributed by atoms with E-state index in [4.69, 9.17) is 5.73 Å². The number of hydrogen-bond donors (Lipinski definition) is 2. The van der Waals surface area contributed by atoms with Crippen LogP contribution in [0.4, 0.5) is 11.5 Å². The van der Waals surface area contributed by atoms with Crippen molar-refractivity contribution in [1.82, 2.24) is 19.7 Å². The van der Waals surface area contributed by atoms with Crippen LogP contribution < -0.4 is 11.1 Å². The fourth-order valence-electron chi connectivity index (χ4n) is 3.17. The van der Waals surface area contributed by atoms with Crippen molar-refractivity contribution in [3.05, 3.63) is 70.6 Å². The van der Waals surface area contributed by atoms with Crippen LogP contribution in [0.1, 0.15) is 17.7 Å². The summed E-state index contributed by atoms with van der Waals surface area (Å²) >= 11 is 3.42. The second-order valence-electron chi connectivity index (χ2n) is 6.48. The quantitative estimate of drug-likeness (QED) is 0.431. The van der Waals surface area contributed by atoms with E-state index in [9.17, 15) is 5.26 Å². The Labute approximate surface area is 176 Å². The van der Waals surface area contributed by atoms with Crippen LogP contribution in [0.15, 0.2) is 59.3 Å². The number of nitrogens with zero attached hydrogens (tertiary/aromatic N) is 5. The van der Waals surface area contributed by atoms with Crippen molar-refractivity contribution in [1.29, 1.82) is 5.26 Å².